The van der Waals surface area contributed by atoms with Crippen molar-refractivity contribution in [3.8, 4) is 0 Å². The van der Waals surface area contributed by atoms with Gasteiger partial charge < -0.3 is 25.0 Å². The molecule has 2 aliphatic heterocycles. The molecule has 1 unspecified atom stereocenters. The first-order valence-electron chi connectivity index (χ1n) is 10.9. The summed E-state index contributed by atoms with van der Waals surface area (Å²) in [6.45, 7) is 3.00. The highest BCUT2D eigenvalue weighted by atomic mass is 16.5. The van der Waals surface area contributed by atoms with Crippen LogP contribution >= 0.6 is 0 Å². The van der Waals surface area contributed by atoms with Crippen LogP contribution in [0.1, 0.15) is 12.0 Å². The lowest BCUT2D eigenvalue weighted by Crippen LogP contribution is -2.44. The van der Waals surface area contributed by atoms with E-state index < -0.39 is 6.09 Å². The molecule has 9 heteroatoms. The molecule has 9 nitrogen and oxygen atoms in total. The van der Waals surface area contributed by atoms with Crippen molar-refractivity contribution in [3.05, 3.63) is 54.4 Å². The number of anilines is 2. The van der Waals surface area contributed by atoms with Gasteiger partial charge >= 0.3 is 6.09 Å². The number of hydrogen-bond acceptors (Lipinski definition) is 7. The van der Waals surface area contributed by atoms with E-state index in [1.165, 1.54) is 10.5 Å². The van der Waals surface area contributed by atoms with Gasteiger partial charge in [0.25, 0.3) is 0 Å². The number of aromatic nitrogens is 3. The monoisotopic (exact) mass is 434 g/mol. The number of nitrogens with one attached hydrogen (secondary N) is 1. The van der Waals surface area contributed by atoms with Crippen LogP contribution in [0, 0.1) is 0 Å². The van der Waals surface area contributed by atoms with Crippen LogP contribution in [0.2, 0.25) is 0 Å². The molecule has 0 aliphatic carbocycles. The molecule has 32 heavy (non-hydrogen) atoms. The summed E-state index contributed by atoms with van der Waals surface area (Å²) in [7, 11) is 0. The second-order valence-electron chi connectivity index (χ2n) is 8.25. The van der Waals surface area contributed by atoms with E-state index in [1.807, 2.05) is 24.3 Å². The number of amides is 1. The Morgan fingerprint density at radius 1 is 1.16 bits per heavy atom. The summed E-state index contributed by atoms with van der Waals surface area (Å²) in [5.74, 6) is 1.36. The van der Waals surface area contributed by atoms with Gasteiger partial charge in [0.15, 0.2) is 0 Å². The van der Waals surface area contributed by atoms with Crippen molar-refractivity contribution >= 4 is 28.8 Å². The topological polar surface area (TPSA) is 104 Å². The fourth-order valence-electron chi connectivity index (χ4n) is 4.37. The van der Waals surface area contributed by atoms with Crippen LogP contribution in [0.15, 0.2) is 48.8 Å². The van der Waals surface area contributed by atoms with Gasteiger partial charge in [-0.25, -0.2) is 9.78 Å². The SMILES string of the molecule is O=C(O)N1CC[C@@H](Nc2nc(N3CCOC(Cc4ccccc4)C3)nc3cnccc23)C1. The average molecular weight is 435 g/mol. The Morgan fingerprint density at radius 3 is 2.84 bits per heavy atom. The molecule has 2 saturated heterocycles. The summed E-state index contributed by atoms with van der Waals surface area (Å²) < 4.78 is 6.01. The molecule has 2 aromatic heterocycles. The van der Waals surface area contributed by atoms with Gasteiger partial charge in [-0.2, -0.15) is 4.98 Å². The molecule has 1 amide bonds. The number of morpholine rings is 1. The summed E-state index contributed by atoms with van der Waals surface area (Å²) in [5.41, 5.74) is 2.01. The van der Waals surface area contributed by atoms with Crippen molar-refractivity contribution in [1.82, 2.24) is 19.9 Å². The summed E-state index contributed by atoms with van der Waals surface area (Å²) in [6.07, 6.45) is 4.23. The highest BCUT2D eigenvalue weighted by Gasteiger charge is 2.28. The number of carboxylic acid groups (broad SMARTS) is 1. The van der Waals surface area contributed by atoms with Gasteiger partial charge in [-0.15, -0.1) is 0 Å². The van der Waals surface area contributed by atoms with Crippen LogP contribution in [-0.2, 0) is 11.2 Å². The van der Waals surface area contributed by atoms with E-state index in [1.54, 1.807) is 12.4 Å². The van der Waals surface area contributed by atoms with Crippen molar-refractivity contribution in [2.24, 2.45) is 0 Å². The van der Waals surface area contributed by atoms with Gasteiger partial charge in [-0.3, -0.25) is 4.98 Å². The molecule has 0 saturated carbocycles. The van der Waals surface area contributed by atoms with E-state index in [2.05, 4.69) is 27.3 Å². The minimum Gasteiger partial charge on any atom is -0.465 e. The van der Waals surface area contributed by atoms with Gasteiger partial charge in [0.05, 0.1) is 24.4 Å². The highest BCUT2D eigenvalue weighted by molar-refractivity contribution is 5.89. The summed E-state index contributed by atoms with van der Waals surface area (Å²) in [6, 6.07) is 12.2. The molecule has 2 N–H and O–H groups in total. The molecule has 0 radical (unpaired) electrons. The first-order valence-corrected chi connectivity index (χ1v) is 10.9. The van der Waals surface area contributed by atoms with E-state index >= 15 is 0 Å². The second kappa shape index (κ2) is 8.96. The van der Waals surface area contributed by atoms with Crippen molar-refractivity contribution < 1.29 is 14.6 Å². The first kappa shape index (κ1) is 20.4. The molecule has 4 heterocycles. The van der Waals surface area contributed by atoms with Gasteiger partial charge in [0, 0.05) is 50.2 Å². The van der Waals surface area contributed by atoms with Crippen LogP contribution < -0.4 is 10.2 Å². The number of ether oxygens (including phenoxy) is 1. The Bertz CT molecular complexity index is 1100. The molecule has 2 aliphatic rings. The van der Waals surface area contributed by atoms with Crippen molar-refractivity contribution in [2.75, 3.05) is 43.0 Å². The van der Waals surface area contributed by atoms with E-state index in [0.29, 0.717) is 38.7 Å². The van der Waals surface area contributed by atoms with Crippen molar-refractivity contribution in [3.63, 3.8) is 0 Å². The smallest absolute Gasteiger partial charge is 0.407 e. The summed E-state index contributed by atoms with van der Waals surface area (Å²) >= 11 is 0. The average Bonchev–Trinajstić information content (AvgIpc) is 3.29. The molecule has 3 aromatic rings. The van der Waals surface area contributed by atoms with Crippen molar-refractivity contribution in [2.45, 2.75) is 25.0 Å². The number of rotatable bonds is 5. The Morgan fingerprint density at radius 2 is 2.03 bits per heavy atom. The Labute approximate surface area is 186 Å². The molecule has 166 valence electrons. The van der Waals surface area contributed by atoms with E-state index in [-0.39, 0.29) is 12.1 Å². The second-order valence-corrected chi connectivity index (χ2v) is 8.25. The lowest BCUT2D eigenvalue weighted by atomic mass is 10.1. The standard InChI is InChI=1S/C23H26N6O3/c30-23(31)29-9-7-17(14-29)25-21-19-6-8-24-13-20(19)26-22(27-21)28-10-11-32-18(15-28)12-16-4-2-1-3-5-16/h1-6,8,13,17-18H,7,9-12,14-15H2,(H,30,31)(H,25,26,27)/t17-,18?/m1/s1. The Hall–Kier alpha value is -3.46. The number of nitrogens with zero attached hydrogens (tertiary/aromatic N) is 5. The predicted molar refractivity (Wildman–Crippen MR) is 121 cm³/mol. The zero-order valence-electron chi connectivity index (χ0n) is 17.7. The quantitative estimate of drug-likeness (QED) is 0.632. The summed E-state index contributed by atoms with van der Waals surface area (Å²) in [4.78, 5) is 28.7. The molecular formula is C23H26N6O3. The first-order chi connectivity index (χ1) is 15.7. The third-order valence-corrected chi connectivity index (χ3v) is 6.01. The Kier molecular flexibility index (Phi) is 5.72. The van der Waals surface area contributed by atoms with E-state index in [0.717, 1.165) is 29.6 Å². The number of pyridine rings is 1. The van der Waals surface area contributed by atoms with Crippen LogP contribution in [0.25, 0.3) is 10.9 Å². The van der Waals surface area contributed by atoms with Gasteiger partial charge in [0.1, 0.15) is 5.82 Å². The molecule has 2 atom stereocenters. The number of benzene rings is 1. The number of carbonyl (C=O) groups is 1. The molecule has 1 aromatic carbocycles. The van der Waals surface area contributed by atoms with Crippen LogP contribution in [0.5, 0.6) is 0 Å². The summed E-state index contributed by atoms with van der Waals surface area (Å²) in [5, 5.41) is 13.6. The largest absolute Gasteiger partial charge is 0.465 e. The molecule has 0 spiro atoms. The van der Waals surface area contributed by atoms with E-state index in [9.17, 15) is 9.90 Å². The predicted octanol–water partition coefficient (Wildman–Crippen LogP) is 2.64. The van der Waals surface area contributed by atoms with Crippen LogP contribution in [0.4, 0.5) is 16.6 Å². The van der Waals surface area contributed by atoms with Gasteiger partial charge in [0.2, 0.25) is 5.95 Å². The minimum absolute atomic E-state index is 0.0146. The third-order valence-electron chi connectivity index (χ3n) is 6.01. The zero-order valence-corrected chi connectivity index (χ0v) is 17.7. The van der Waals surface area contributed by atoms with Crippen LogP contribution in [0.3, 0.4) is 0 Å². The Balaban J connectivity index is 1.37. The van der Waals surface area contributed by atoms with Gasteiger partial charge in [-0.05, 0) is 18.1 Å². The maximum Gasteiger partial charge on any atom is 0.407 e. The normalized spacial score (nSPS) is 21.1. The van der Waals surface area contributed by atoms with Crippen molar-refractivity contribution in [1.29, 1.82) is 0 Å². The maximum absolute atomic E-state index is 11.3. The van der Waals surface area contributed by atoms with Crippen LogP contribution in [-0.4, -0.2) is 76.0 Å². The number of hydrogen-bond donors (Lipinski definition) is 2. The lowest BCUT2D eigenvalue weighted by molar-refractivity contribution is 0.0405. The molecule has 0 bridgehead atoms. The van der Waals surface area contributed by atoms with E-state index in [4.69, 9.17) is 14.7 Å². The third kappa shape index (κ3) is 4.43. The molecule has 5 rings (SSSR count). The maximum atomic E-state index is 11.3. The van der Waals surface area contributed by atoms with Gasteiger partial charge in [-0.1, -0.05) is 30.3 Å². The number of likely N-dealkylation sites (tertiary alicyclic amines) is 1. The molecular weight excluding hydrogens is 408 g/mol. The fourth-order valence-corrected chi connectivity index (χ4v) is 4.37. The lowest BCUT2D eigenvalue weighted by Gasteiger charge is -2.33. The number of fused-ring (bicyclic) bond motifs is 1. The molecule has 2 fully saturated rings. The minimum atomic E-state index is -0.885. The zero-order chi connectivity index (χ0) is 21.9. The highest BCUT2D eigenvalue weighted by Crippen LogP contribution is 2.26. The fraction of sp³-hybridized carbons (Fsp3) is 0.391.